The largest absolute Gasteiger partial charge is 0.456 e. The van der Waals surface area contributed by atoms with Gasteiger partial charge in [-0.15, -0.1) is 0 Å². The molecule has 4 nitrogen and oxygen atoms in total. The molecule has 0 spiro atoms. The maximum absolute atomic E-state index is 6.64. The molecule has 0 aliphatic heterocycles. The molecule has 0 saturated heterocycles. The van der Waals surface area contributed by atoms with E-state index in [2.05, 4.69) is 281 Å². The Morgan fingerprint density at radius 1 is 0.324 bits per heavy atom. The van der Waals surface area contributed by atoms with Crippen molar-refractivity contribution < 1.29 is 4.42 Å². The van der Waals surface area contributed by atoms with E-state index in [9.17, 15) is 0 Å². The van der Waals surface area contributed by atoms with Crippen LogP contribution in [0.25, 0.3) is 71.7 Å². The second kappa shape index (κ2) is 16.4. The maximum Gasteiger partial charge on any atom is 0.137 e. The van der Waals surface area contributed by atoms with Gasteiger partial charge in [0.15, 0.2) is 0 Å². The third-order valence-electron chi connectivity index (χ3n) is 14.6. The summed E-state index contributed by atoms with van der Waals surface area (Å²) in [6, 6.07) is 99.1. The average molecular weight is 908 g/mol. The van der Waals surface area contributed by atoms with Gasteiger partial charge in [-0.1, -0.05) is 182 Å². The lowest BCUT2D eigenvalue weighted by Crippen LogP contribution is -2.44. The van der Waals surface area contributed by atoms with E-state index < -0.39 is 5.54 Å². The minimum Gasteiger partial charge on any atom is -0.456 e. The van der Waals surface area contributed by atoms with Gasteiger partial charge in [0.2, 0.25) is 0 Å². The minimum atomic E-state index is -0.775. The lowest BCUT2D eigenvalue weighted by molar-refractivity contribution is 0.644. The van der Waals surface area contributed by atoms with E-state index in [0.29, 0.717) is 0 Å². The van der Waals surface area contributed by atoms with Crippen LogP contribution in [-0.4, -0.2) is 4.57 Å². The highest BCUT2D eigenvalue weighted by atomic mass is 16.3. The zero-order valence-electron chi connectivity index (χ0n) is 38.7. The molecule has 1 atom stereocenters. The smallest absolute Gasteiger partial charge is 0.137 e. The number of nitrogens with zero attached hydrogens (tertiary/aromatic N) is 3. The lowest BCUT2D eigenvalue weighted by atomic mass is 9.78. The second-order valence-electron chi connectivity index (χ2n) is 18.4. The highest BCUT2D eigenvalue weighted by Gasteiger charge is 2.50. The topological polar surface area (TPSA) is 24.6 Å². The van der Waals surface area contributed by atoms with Crippen LogP contribution in [0.4, 0.5) is 28.4 Å². The first-order chi connectivity index (χ1) is 35.2. The predicted molar refractivity (Wildman–Crippen MR) is 295 cm³/mol. The van der Waals surface area contributed by atoms with Crippen molar-refractivity contribution >= 4 is 72.2 Å². The van der Waals surface area contributed by atoms with Crippen molar-refractivity contribution in [1.82, 2.24) is 4.57 Å². The summed E-state index contributed by atoms with van der Waals surface area (Å²) in [6.07, 6.45) is 0. The Labute approximate surface area is 412 Å². The zero-order chi connectivity index (χ0) is 46.9. The van der Waals surface area contributed by atoms with Crippen molar-refractivity contribution in [2.24, 2.45) is 0 Å². The van der Waals surface area contributed by atoms with E-state index in [1.54, 1.807) is 0 Å². The van der Waals surface area contributed by atoms with E-state index in [-0.39, 0.29) is 0 Å². The van der Waals surface area contributed by atoms with Gasteiger partial charge in [-0.3, -0.25) is 0 Å². The number of hydrogen-bond donors (Lipinski definition) is 0. The molecule has 14 rings (SSSR count). The van der Waals surface area contributed by atoms with Crippen LogP contribution in [0.5, 0.6) is 0 Å². The van der Waals surface area contributed by atoms with Gasteiger partial charge >= 0.3 is 0 Å². The third kappa shape index (κ3) is 6.39. The van der Waals surface area contributed by atoms with Crippen LogP contribution in [-0.2, 0) is 5.54 Å². The molecule has 334 valence electrons. The molecule has 4 heteroatoms. The second-order valence-corrected chi connectivity index (χ2v) is 18.4. The van der Waals surface area contributed by atoms with E-state index in [0.717, 1.165) is 67.1 Å². The van der Waals surface area contributed by atoms with E-state index in [4.69, 9.17) is 4.42 Å². The van der Waals surface area contributed by atoms with Crippen molar-refractivity contribution in [3.63, 3.8) is 0 Å². The van der Waals surface area contributed by atoms with Crippen LogP contribution in [0.3, 0.4) is 0 Å². The fourth-order valence-electron chi connectivity index (χ4n) is 11.5. The molecule has 0 N–H and O–H groups in total. The molecule has 0 bridgehead atoms. The van der Waals surface area contributed by atoms with Gasteiger partial charge < -0.3 is 18.8 Å². The molecular weight excluding hydrogens is 863 g/mol. The lowest BCUT2D eigenvalue weighted by Gasteiger charge is -2.45. The number of para-hydroxylation sites is 4. The molecule has 1 aliphatic rings. The Morgan fingerprint density at radius 2 is 0.845 bits per heavy atom. The Hall–Kier alpha value is -9.38. The molecule has 71 heavy (non-hydrogen) atoms. The molecule has 13 aromatic rings. The van der Waals surface area contributed by atoms with Gasteiger partial charge in [-0.25, -0.2) is 0 Å². The van der Waals surface area contributed by atoms with Crippen LogP contribution < -0.4 is 9.80 Å². The molecule has 2 aromatic heterocycles. The molecule has 1 unspecified atom stereocenters. The standard InChI is InChI=1S/C67H45N3O/c1-5-19-46(20-6-1)47-33-35-49(36-34-47)69-63-31-17-14-28-57(63)58-41-38-53(44-64(58)69)68(54-39-42-60-59-29-15-18-32-65(59)71-66(60)45-54)52-37-40-56-55-27-13-16-30-61(55)67(62(56)43-52,48-21-7-2-8-22-48)70(50-23-9-3-10-24-50)51-25-11-4-12-26-51/h1-45H. The van der Waals surface area contributed by atoms with Crippen molar-refractivity contribution in [3.8, 4) is 27.9 Å². The van der Waals surface area contributed by atoms with Crippen molar-refractivity contribution in [1.29, 1.82) is 0 Å². The van der Waals surface area contributed by atoms with Gasteiger partial charge in [-0.2, -0.15) is 0 Å². The molecular formula is C67H45N3O. The van der Waals surface area contributed by atoms with Crippen LogP contribution in [0, 0.1) is 0 Å². The molecule has 11 aromatic carbocycles. The van der Waals surface area contributed by atoms with Crippen LogP contribution in [0.15, 0.2) is 277 Å². The summed E-state index contributed by atoms with van der Waals surface area (Å²) in [4.78, 5) is 4.97. The predicted octanol–water partition coefficient (Wildman–Crippen LogP) is 17.9. The van der Waals surface area contributed by atoms with E-state index in [1.807, 2.05) is 6.07 Å². The van der Waals surface area contributed by atoms with E-state index >= 15 is 0 Å². The van der Waals surface area contributed by atoms with Gasteiger partial charge in [0.05, 0.1) is 11.0 Å². The number of furan rings is 1. The highest BCUT2D eigenvalue weighted by Crippen LogP contribution is 2.59. The summed E-state index contributed by atoms with van der Waals surface area (Å²) in [5, 5.41) is 4.60. The van der Waals surface area contributed by atoms with Gasteiger partial charge in [0.25, 0.3) is 0 Å². The highest BCUT2D eigenvalue weighted by molar-refractivity contribution is 6.11. The number of hydrogen-bond acceptors (Lipinski definition) is 3. The number of aromatic nitrogens is 1. The minimum absolute atomic E-state index is 0.775. The van der Waals surface area contributed by atoms with Gasteiger partial charge in [0.1, 0.15) is 16.7 Å². The number of anilines is 5. The van der Waals surface area contributed by atoms with E-state index in [1.165, 1.54) is 49.7 Å². The van der Waals surface area contributed by atoms with Crippen LogP contribution in [0.2, 0.25) is 0 Å². The SMILES string of the molecule is c1ccc(-c2ccc(-n3c4ccccc4c4ccc(N(c5ccc6c(c5)C(c5ccccc5)(N(c5ccccc5)c5ccccc5)c5ccccc5-6)c5ccc6c(c5)oc5ccccc56)cc43)cc2)cc1. The van der Waals surface area contributed by atoms with Crippen LogP contribution in [0.1, 0.15) is 16.7 Å². The number of fused-ring (bicyclic) bond motifs is 9. The molecule has 0 radical (unpaired) electrons. The van der Waals surface area contributed by atoms with Gasteiger partial charge in [0, 0.05) is 61.7 Å². The Bertz CT molecular complexity index is 4070. The van der Waals surface area contributed by atoms with Crippen molar-refractivity contribution in [2.45, 2.75) is 5.54 Å². The fraction of sp³-hybridized carbons (Fsp3) is 0.0149. The summed E-state index contributed by atoms with van der Waals surface area (Å²) in [7, 11) is 0. The molecule has 2 heterocycles. The Balaban J connectivity index is 1.04. The number of rotatable bonds is 9. The molecule has 0 saturated carbocycles. The Kier molecular flexibility index (Phi) is 9.39. The first-order valence-corrected chi connectivity index (χ1v) is 24.3. The third-order valence-corrected chi connectivity index (χ3v) is 14.6. The summed E-state index contributed by atoms with van der Waals surface area (Å²) in [6.45, 7) is 0. The Morgan fingerprint density at radius 3 is 1.59 bits per heavy atom. The fourth-order valence-corrected chi connectivity index (χ4v) is 11.5. The molecule has 0 fully saturated rings. The maximum atomic E-state index is 6.64. The van der Waals surface area contributed by atoms with Crippen molar-refractivity contribution in [3.05, 3.63) is 290 Å². The monoisotopic (exact) mass is 907 g/mol. The normalized spacial score (nSPS) is 14.0. The summed E-state index contributed by atoms with van der Waals surface area (Å²) >= 11 is 0. The first-order valence-electron chi connectivity index (χ1n) is 24.3. The molecule has 0 amide bonds. The first kappa shape index (κ1) is 40.7. The zero-order valence-corrected chi connectivity index (χ0v) is 38.7. The summed E-state index contributed by atoms with van der Waals surface area (Å²) in [5.41, 5.74) is 18.0. The average Bonchev–Trinajstić information content (AvgIpc) is 4.08. The summed E-state index contributed by atoms with van der Waals surface area (Å²) < 4.78 is 9.06. The quantitative estimate of drug-likeness (QED) is 0.144. The van der Waals surface area contributed by atoms with Crippen molar-refractivity contribution in [2.75, 3.05) is 9.80 Å². The van der Waals surface area contributed by atoms with Crippen LogP contribution >= 0.6 is 0 Å². The molecule has 1 aliphatic carbocycles. The summed E-state index contributed by atoms with van der Waals surface area (Å²) in [5.74, 6) is 0. The number of benzene rings is 11. The van der Waals surface area contributed by atoms with Gasteiger partial charge in [-0.05, 0) is 124 Å².